The molecular weight excluding hydrogens is 242 g/mol. The number of ketones is 1. The molecule has 19 heavy (non-hydrogen) atoms. The van der Waals surface area contributed by atoms with E-state index in [1.165, 1.54) is 0 Å². The summed E-state index contributed by atoms with van der Waals surface area (Å²) in [7, 11) is 0. The van der Waals surface area contributed by atoms with E-state index in [9.17, 15) is 9.59 Å². The van der Waals surface area contributed by atoms with Crippen molar-refractivity contribution in [1.29, 1.82) is 0 Å². The van der Waals surface area contributed by atoms with Gasteiger partial charge in [0, 0.05) is 44.4 Å². The zero-order valence-electron chi connectivity index (χ0n) is 11.1. The van der Waals surface area contributed by atoms with Gasteiger partial charge in [0.15, 0.2) is 5.78 Å². The van der Waals surface area contributed by atoms with Crippen LogP contribution >= 0.6 is 0 Å². The molecule has 1 saturated heterocycles. The summed E-state index contributed by atoms with van der Waals surface area (Å²) < 4.78 is 0. The van der Waals surface area contributed by atoms with E-state index in [-0.39, 0.29) is 11.7 Å². The maximum Gasteiger partial charge on any atom is 0.219 e. The monoisotopic (exact) mass is 261 g/mol. The van der Waals surface area contributed by atoms with Crippen molar-refractivity contribution in [3.05, 3.63) is 29.8 Å². The molecule has 1 fully saturated rings. The summed E-state index contributed by atoms with van der Waals surface area (Å²) in [6, 6.07) is 6.98. The lowest BCUT2D eigenvalue weighted by molar-refractivity contribution is -0.130. The Labute approximate surface area is 113 Å². The first kappa shape index (κ1) is 13.5. The highest BCUT2D eigenvalue weighted by Crippen LogP contribution is 2.08. The van der Waals surface area contributed by atoms with Crippen molar-refractivity contribution >= 4 is 17.4 Å². The zero-order chi connectivity index (χ0) is 13.8. The molecule has 1 amide bonds. The smallest absolute Gasteiger partial charge is 0.219 e. The van der Waals surface area contributed by atoms with Crippen LogP contribution in [0.5, 0.6) is 0 Å². The Hall–Kier alpha value is -1.88. The first-order valence-corrected chi connectivity index (χ1v) is 6.43. The number of carbonyl (C=O) groups is 2. The minimum Gasteiger partial charge on any atom is -0.399 e. The van der Waals surface area contributed by atoms with Gasteiger partial charge in [-0.2, -0.15) is 0 Å². The number of nitrogens with zero attached hydrogens (tertiary/aromatic N) is 2. The molecule has 5 nitrogen and oxygen atoms in total. The molecule has 1 heterocycles. The number of benzene rings is 1. The largest absolute Gasteiger partial charge is 0.399 e. The van der Waals surface area contributed by atoms with Gasteiger partial charge in [-0.15, -0.1) is 0 Å². The van der Waals surface area contributed by atoms with E-state index in [4.69, 9.17) is 5.73 Å². The van der Waals surface area contributed by atoms with Crippen molar-refractivity contribution in [3.8, 4) is 0 Å². The molecule has 1 aliphatic heterocycles. The van der Waals surface area contributed by atoms with Gasteiger partial charge in [0.1, 0.15) is 0 Å². The number of hydrogen-bond donors (Lipinski definition) is 1. The Balaban J connectivity index is 1.87. The first-order chi connectivity index (χ1) is 9.06. The van der Waals surface area contributed by atoms with Gasteiger partial charge in [0.05, 0.1) is 6.54 Å². The average Bonchev–Trinajstić information content (AvgIpc) is 2.40. The van der Waals surface area contributed by atoms with Gasteiger partial charge < -0.3 is 10.6 Å². The number of piperazine rings is 1. The lowest BCUT2D eigenvalue weighted by atomic mass is 10.1. The lowest BCUT2D eigenvalue weighted by Gasteiger charge is -2.33. The summed E-state index contributed by atoms with van der Waals surface area (Å²) in [5, 5.41) is 0. The van der Waals surface area contributed by atoms with Gasteiger partial charge in [-0.25, -0.2) is 0 Å². The number of nitrogens with two attached hydrogens (primary N) is 1. The molecule has 1 aromatic carbocycles. The third-order valence-electron chi connectivity index (χ3n) is 3.42. The Morgan fingerprint density at radius 1 is 1.11 bits per heavy atom. The van der Waals surface area contributed by atoms with Crippen LogP contribution in [-0.2, 0) is 4.79 Å². The second-order valence-electron chi connectivity index (χ2n) is 4.83. The fourth-order valence-electron chi connectivity index (χ4n) is 2.18. The van der Waals surface area contributed by atoms with Crippen molar-refractivity contribution in [2.45, 2.75) is 6.92 Å². The Morgan fingerprint density at radius 2 is 1.68 bits per heavy atom. The summed E-state index contributed by atoms with van der Waals surface area (Å²) in [6.45, 7) is 4.88. The van der Waals surface area contributed by atoms with E-state index in [2.05, 4.69) is 4.90 Å². The minimum absolute atomic E-state index is 0.0938. The summed E-state index contributed by atoms with van der Waals surface area (Å²) in [5.41, 5.74) is 6.94. The number of anilines is 1. The fourth-order valence-corrected chi connectivity index (χ4v) is 2.18. The van der Waals surface area contributed by atoms with Crippen molar-refractivity contribution in [1.82, 2.24) is 9.80 Å². The summed E-state index contributed by atoms with van der Waals surface area (Å²) >= 11 is 0. The SMILES string of the molecule is CC(=O)N1CCN(CC(=O)c2ccc(N)cc2)CC1. The quantitative estimate of drug-likeness (QED) is 0.639. The van der Waals surface area contributed by atoms with Gasteiger partial charge >= 0.3 is 0 Å². The van der Waals surface area contributed by atoms with Crippen LogP contribution in [0.2, 0.25) is 0 Å². The number of carbonyl (C=O) groups excluding carboxylic acids is 2. The Morgan fingerprint density at radius 3 is 2.21 bits per heavy atom. The van der Waals surface area contributed by atoms with E-state index in [0.717, 1.165) is 13.1 Å². The standard InChI is InChI=1S/C14H19N3O2/c1-11(18)17-8-6-16(7-9-17)10-14(19)12-2-4-13(15)5-3-12/h2-5H,6-10,15H2,1H3. The molecule has 0 aliphatic carbocycles. The second-order valence-corrected chi connectivity index (χ2v) is 4.83. The molecule has 0 atom stereocenters. The molecule has 1 aromatic rings. The molecule has 0 unspecified atom stereocenters. The average molecular weight is 261 g/mol. The number of Topliss-reactive ketones (excluding diaryl/α,β-unsaturated/α-hetero) is 1. The van der Waals surface area contributed by atoms with Crippen LogP contribution in [0.1, 0.15) is 17.3 Å². The van der Waals surface area contributed by atoms with E-state index in [1.54, 1.807) is 31.2 Å². The van der Waals surface area contributed by atoms with Crippen molar-refractivity contribution in [2.24, 2.45) is 0 Å². The van der Waals surface area contributed by atoms with Crippen molar-refractivity contribution in [3.63, 3.8) is 0 Å². The normalized spacial score (nSPS) is 16.4. The predicted molar refractivity (Wildman–Crippen MR) is 73.9 cm³/mol. The molecule has 2 N–H and O–H groups in total. The summed E-state index contributed by atoms with van der Waals surface area (Å²) in [4.78, 5) is 27.2. The third kappa shape index (κ3) is 3.54. The van der Waals surface area contributed by atoms with E-state index < -0.39 is 0 Å². The lowest BCUT2D eigenvalue weighted by Crippen LogP contribution is -2.49. The van der Waals surface area contributed by atoms with E-state index >= 15 is 0 Å². The van der Waals surface area contributed by atoms with Crippen molar-refractivity contribution in [2.75, 3.05) is 38.5 Å². The maximum absolute atomic E-state index is 12.1. The molecule has 2 rings (SSSR count). The molecule has 0 saturated carbocycles. The minimum atomic E-state index is 0.0938. The van der Waals surface area contributed by atoms with Crippen LogP contribution in [0, 0.1) is 0 Å². The van der Waals surface area contributed by atoms with Crippen molar-refractivity contribution < 1.29 is 9.59 Å². The Bertz CT molecular complexity index is 462. The number of amides is 1. The molecule has 0 aromatic heterocycles. The maximum atomic E-state index is 12.1. The fraction of sp³-hybridized carbons (Fsp3) is 0.429. The highest BCUT2D eigenvalue weighted by molar-refractivity contribution is 5.97. The second kappa shape index (κ2) is 5.84. The van der Waals surface area contributed by atoms with Crippen LogP contribution in [-0.4, -0.2) is 54.2 Å². The molecular formula is C14H19N3O2. The molecule has 5 heteroatoms. The predicted octanol–water partition coefficient (Wildman–Crippen LogP) is 0.616. The van der Waals surface area contributed by atoms with E-state index in [0.29, 0.717) is 30.9 Å². The molecule has 1 aliphatic rings. The zero-order valence-corrected chi connectivity index (χ0v) is 11.1. The van der Waals surface area contributed by atoms with Gasteiger partial charge in [-0.05, 0) is 24.3 Å². The topological polar surface area (TPSA) is 66.6 Å². The van der Waals surface area contributed by atoms with Gasteiger partial charge in [-0.1, -0.05) is 0 Å². The van der Waals surface area contributed by atoms with Crippen LogP contribution in [0.4, 0.5) is 5.69 Å². The third-order valence-corrected chi connectivity index (χ3v) is 3.42. The number of hydrogen-bond acceptors (Lipinski definition) is 4. The highest BCUT2D eigenvalue weighted by atomic mass is 16.2. The number of rotatable bonds is 3. The van der Waals surface area contributed by atoms with Crippen LogP contribution in [0.15, 0.2) is 24.3 Å². The highest BCUT2D eigenvalue weighted by Gasteiger charge is 2.20. The van der Waals surface area contributed by atoms with Gasteiger partial charge in [-0.3, -0.25) is 14.5 Å². The van der Waals surface area contributed by atoms with Crippen LogP contribution in [0.3, 0.4) is 0 Å². The summed E-state index contributed by atoms with van der Waals surface area (Å²) in [5.74, 6) is 0.195. The first-order valence-electron chi connectivity index (χ1n) is 6.43. The van der Waals surface area contributed by atoms with Gasteiger partial charge in [0.2, 0.25) is 5.91 Å². The molecule has 0 spiro atoms. The Kier molecular flexibility index (Phi) is 4.16. The van der Waals surface area contributed by atoms with E-state index in [1.807, 2.05) is 4.90 Å². The van der Waals surface area contributed by atoms with Gasteiger partial charge in [0.25, 0.3) is 0 Å². The molecule has 102 valence electrons. The molecule has 0 radical (unpaired) electrons. The number of nitrogen functional groups attached to an aromatic ring is 1. The molecule has 0 bridgehead atoms. The summed E-state index contributed by atoms with van der Waals surface area (Å²) in [6.07, 6.45) is 0. The van der Waals surface area contributed by atoms with Crippen LogP contribution < -0.4 is 5.73 Å². The van der Waals surface area contributed by atoms with Crippen LogP contribution in [0.25, 0.3) is 0 Å².